The van der Waals surface area contributed by atoms with E-state index in [0.29, 0.717) is 12.4 Å². The number of aryl methyl sites for hydroxylation is 2. The second-order valence-electron chi connectivity index (χ2n) is 6.75. The summed E-state index contributed by atoms with van der Waals surface area (Å²) in [5.41, 5.74) is 3.47. The van der Waals surface area contributed by atoms with Crippen LogP contribution in [0.25, 0.3) is 5.70 Å². The topological polar surface area (TPSA) is 90.9 Å². The minimum absolute atomic E-state index is 0.574. The highest BCUT2D eigenvalue weighted by molar-refractivity contribution is 8.02. The number of nitrogens with one attached hydrogen (secondary N) is 2. The van der Waals surface area contributed by atoms with Gasteiger partial charge in [-0.2, -0.15) is 0 Å². The smallest absolute Gasteiger partial charge is 0.138 e. The molecule has 0 radical (unpaired) electrons. The molecule has 2 N–H and O–H groups in total. The van der Waals surface area contributed by atoms with Gasteiger partial charge in [0.2, 0.25) is 0 Å². The minimum atomic E-state index is 0.574. The standard InChI is InChI=1S/C17H21N5OS.C4H10N2/c1-12-14(13(2)23-21-12)9-22(5)17-8-6-7-15(20-17)16(19-4)10-24-11-18-3;1-2-5-4-6-3-1/h6-8,10H,3-4,9,11H2,1-2,5H3;5-6H,1-4H2/b16-10-;. The maximum Gasteiger partial charge on any atom is 0.138 e. The molecule has 1 aliphatic heterocycles. The summed E-state index contributed by atoms with van der Waals surface area (Å²) in [6, 6.07) is 5.83. The Morgan fingerprint density at radius 1 is 1.30 bits per heavy atom. The third-order valence-electron chi connectivity index (χ3n) is 4.45. The van der Waals surface area contributed by atoms with Gasteiger partial charge >= 0.3 is 0 Å². The molecular weight excluding hydrogens is 398 g/mol. The summed E-state index contributed by atoms with van der Waals surface area (Å²) in [7, 11) is 1.99. The Labute approximate surface area is 183 Å². The quantitative estimate of drug-likeness (QED) is 0.492. The van der Waals surface area contributed by atoms with Crippen molar-refractivity contribution >= 4 is 36.7 Å². The second kappa shape index (κ2) is 12.9. The van der Waals surface area contributed by atoms with Crippen molar-refractivity contribution in [2.75, 3.05) is 37.6 Å². The summed E-state index contributed by atoms with van der Waals surface area (Å²) in [6.07, 6.45) is 1.28. The van der Waals surface area contributed by atoms with Gasteiger partial charge in [0.25, 0.3) is 0 Å². The van der Waals surface area contributed by atoms with E-state index >= 15 is 0 Å². The Balaban J connectivity index is 0.000000456. The molecule has 3 rings (SSSR count). The summed E-state index contributed by atoms with van der Waals surface area (Å²) >= 11 is 1.50. The molecule has 9 heteroatoms. The summed E-state index contributed by atoms with van der Waals surface area (Å²) in [6.45, 7) is 15.0. The first-order valence-electron chi connectivity index (χ1n) is 9.79. The first-order chi connectivity index (χ1) is 14.6. The Morgan fingerprint density at radius 2 is 2.07 bits per heavy atom. The lowest BCUT2D eigenvalue weighted by Gasteiger charge is -2.18. The molecule has 2 aromatic heterocycles. The molecule has 0 unspecified atom stereocenters. The second-order valence-corrected chi connectivity index (χ2v) is 7.58. The van der Waals surface area contributed by atoms with Crippen molar-refractivity contribution in [2.45, 2.75) is 26.8 Å². The largest absolute Gasteiger partial charge is 0.361 e. The first kappa shape index (κ1) is 23.8. The molecule has 2 aromatic rings. The van der Waals surface area contributed by atoms with Crippen LogP contribution in [-0.2, 0) is 6.54 Å². The van der Waals surface area contributed by atoms with Crippen molar-refractivity contribution in [3.05, 3.63) is 46.3 Å². The van der Waals surface area contributed by atoms with Crippen molar-refractivity contribution in [1.82, 2.24) is 20.8 Å². The van der Waals surface area contributed by atoms with Gasteiger partial charge in [0.05, 0.1) is 23.0 Å². The van der Waals surface area contributed by atoms with Gasteiger partial charge < -0.3 is 20.1 Å². The third kappa shape index (κ3) is 7.40. The average Bonchev–Trinajstić information content (AvgIpc) is 3.10. The predicted molar refractivity (Wildman–Crippen MR) is 127 cm³/mol. The van der Waals surface area contributed by atoms with Gasteiger partial charge in [-0.25, -0.2) is 4.98 Å². The Bertz CT molecular complexity index is 815. The number of aromatic nitrogens is 2. The molecule has 3 heterocycles. The van der Waals surface area contributed by atoms with E-state index in [1.165, 1.54) is 31.3 Å². The lowest BCUT2D eigenvalue weighted by Crippen LogP contribution is -2.37. The number of aliphatic imine (C=N–C) groups is 2. The average molecular weight is 430 g/mol. The summed E-state index contributed by atoms with van der Waals surface area (Å²) < 4.78 is 5.22. The Hall–Kier alpha value is -2.49. The lowest BCUT2D eigenvalue weighted by atomic mass is 10.2. The fourth-order valence-electron chi connectivity index (χ4n) is 2.78. The summed E-state index contributed by atoms with van der Waals surface area (Å²) in [5.74, 6) is 2.25. The molecule has 0 bridgehead atoms. The molecule has 1 saturated heterocycles. The third-order valence-corrected chi connectivity index (χ3v) is 5.17. The highest BCUT2D eigenvalue weighted by Gasteiger charge is 2.13. The number of pyridine rings is 1. The van der Waals surface area contributed by atoms with Crippen molar-refractivity contribution in [3.63, 3.8) is 0 Å². The van der Waals surface area contributed by atoms with Crippen LogP contribution in [-0.4, -0.2) is 56.3 Å². The van der Waals surface area contributed by atoms with Crippen LogP contribution < -0.4 is 15.5 Å². The van der Waals surface area contributed by atoms with Crippen molar-refractivity contribution in [3.8, 4) is 0 Å². The van der Waals surface area contributed by atoms with E-state index in [2.05, 4.69) is 49.1 Å². The molecule has 0 atom stereocenters. The molecule has 8 nitrogen and oxygen atoms in total. The van der Waals surface area contributed by atoms with E-state index in [1.54, 1.807) is 0 Å². The fourth-order valence-corrected chi connectivity index (χ4v) is 3.31. The first-order valence-corrected chi connectivity index (χ1v) is 10.8. The predicted octanol–water partition coefficient (Wildman–Crippen LogP) is 3.24. The van der Waals surface area contributed by atoms with Gasteiger partial charge in [0.1, 0.15) is 11.6 Å². The van der Waals surface area contributed by atoms with E-state index in [9.17, 15) is 0 Å². The van der Waals surface area contributed by atoms with Crippen LogP contribution in [0.3, 0.4) is 0 Å². The zero-order valence-corrected chi connectivity index (χ0v) is 18.8. The highest BCUT2D eigenvalue weighted by atomic mass is 32.2. The van der Waals surface area contributed by atoms with E-state index in [0.717, 1.165) is 40.9 Å². The van der Waals surface area contributed by atoms with Crippen molar-refractivity contribution in [2.24, 2.45) is 9.98 Å². The molecule has 1 fully saturated rings. The van der Waals surface area contributed by atoms with Crippen LogP contribution >= 0.6 is 11.8 Å². The molecule has 0 saturated carbocycles. The minimum Gasteiger partial charge on any atom is -0.361 e. The van der Waals surface area contributed by atoms with Gasteiger partial charge in [-0.3, -0.25) is 9.98 Å². The van der Waals surface area contributed by atoms with Crippen LogP contribution in [0.5, 0.6) is 0 Å². The van der Waals surface area contributed by atoms with E-state index in [-0.39, 0.29) is 0 Å². The van der Waals surface area contributed by atoms with Gasteiger partial charge in [0, 0.05) is 31.2 Å². The van der Waals surface area contributed by atoms with Crippen LogP contribution in [0, 0.1) is 13.8 Å². The molecule has 0 aromatic carbocycles. The molecule has 162 valence electrons. The number of hydrogen-bond acceptors (Lipinski definition) is 9. The molecule has 0 aliphatic carbocycles. The lowest BCUT2D eigenvalue weighted by molar-refractivity contribution is 0.392. The Morgan fingerprint density at radius 3 is 2.60 bits per heavy atom. The number of hydrogen-bond donors (Lipinski definition) is 2. The molecule has 30 heavy (non-hydrogen) atoms. The van der Waals surface area contributed by atoms with E-state index in [1.807, 2.05) is 44.5 Å². The van der Waals surface area contributed by atoms with Crippen molar-refractivity contribution < 1.29 is 4.52 Å². The number of nitrogens with zero attached hydrogens (tertiary/aromatic N) is 5. The maximum absolute atomic E-state index is 5.22. The zero-order valence-electron chi connectivity index (χ0n) is 18.0. The number of thioether (sulfide) groups is 1. The molecule has 0 spiro atoms. The number of anilines is 1. The fraction of sp³-hybridized carbons (Fsp3) is 0.429. The maximum atomic E-state index is 5.22. The highest BCUT2D eigenvalue weighted by Crippen LogP contribution is 2.22. The van der Waals surface area contributed by atoms with Crippen LogP contribution in [0.1, 0.15) is 29.1 Å². The Kier molecular flexibility index (Phi) is 10.3. The SMILES string of the molecule is C1CNCNC1.C=NCS/C=C(\N=C)c1cccc(N(C)Cc2c(C)noc2C)n1. The van der Waals surface area contributed by atoms with Gasteiger partial charge in [-0.05, 0) is 58.9 Å². The molecule has 0 amide bonds. The van der Waals surface area contributed by atoms with E-state index < -0.39 is 0 Å². The van der Waals surface area contributed by atoms with Crippen LogP contribution in [0.15, 0.2) is 38.1 Å². The van der Waals surface area contributed by atoms with Crippen molar-refractivity contribution in [1.29, 1.82) is 0 Å². The zero-order chi connectivity index (χ0) is 21.8. The normalized spacial score (nSPS) is 13.9. The summed E-state index contributed by atoms with van der Waals surface area (Å²) in [4.78, 5) is 14.6. The van der Waals surface area contributed by atoms with Gasteiger partial charge in [0.15, 0.2) is 0 Å². The van der Waals surface area contributed by atoms with Crippen LogP contribution in [0.4, 0.5) is 5.82 Å². The van der Waals surface area contributed by atoms with Crippen LogP contribution in [0.2, 0.25) is 0 Å². The monoisotopic (exact) mass is 429 g/mol. The van der Waals surface area contributed by atoms with Gasteiger partial charge in [-0.15, -0.1) is 11.8 Å². The molecular formula is C21H31N7OS. The summed E-state index contributed by atoms with van der Waals surface area (Å²) in [5, 5.41) is 12.2. The van der Waals surface area contributed by atoms with E-state index in [4.69, 9.17) is 4.52 Å². The molecule has 1 aliphatic rings. The number of rotatable bonds is 8. The van der Waals surface area contributed by atoms with Gasteiger partial charge in [-0.1, -0.05) is 11.2 Å².